The van der Waals surface area contributed by atoms with Crippen molar-refractivity contribution in [3.8, 4) is 28.7 Å². The number of oxazole rings is 1. The van der Waals surface area contributed by atoms with Gasteiger partial charge in [0.05, 0.1) is 17.3 Å². The molecular formula is C23H21N3O2. The van der Waals surface area contributed by atoms with Crippen LogP contribution in [-0.2, 0) is 0 Å². The zero-order chi connectivity index (χ0) is 19.7. The molecule has 2 aromatic carbocycles. The van der Waals surface area contributed by atoms with E-state index in [0.717, 1.165) is 35.2 Å². The van der Waals surface area contributed by atoms with Gasteiger partial charge in [-0.3, -0.25) is 4.79 Å². The fourth-order valence-electron chi connectivity index (χ4n) is 3.20. The maximum atomic E-state index is 12.7. The SMILES string of the molecule is CC(C)NC(=O)c1cc(-c2nc(C3CC3)co2)cc(-c2ccccc2C#N)c1. The Morgan fingerprint density at radius 2 is 1.96 bits per heavy atom. The predicted octanol–water partition coefficient (Wildman–Crippen LogP) is 4.90. The van der Waals surface area contributed by atoms with E-state index in [1.165, 1.54) is 0 Å². The van der Waals surface area contributed by atoms with E-state index in [-0.39, 0.29) is 11.9 Å². The highest BCUT2D eigenvalue weighted by Crippen LogP contribution is 2.40. The van der Waals surface area contributed by atoms with Gasteiger partial charge in [-0.2, -0.15) is 5.26 Å². The van der Waals surface area contributed by atoms with Crippen LogP contribution in [0.3, 0.4) is 0 Å². The first-order chi connectivity index (χ1) is 13.5. The smallest absolute Gasteiger partial charge is 0.251 e. The summed E-state index contributed by atoms with van der Waals surface area (Å²) < 4.78 is 5.71. The van der Waals surface area contributed by atoms with E-state index in [4.69, 9.17) is 4.42 Å². The average Bonchev–Trinajstić information content (AvgIpc) is 3.43. The Morgan fingerprint density at radius 1 is 1.21 bits per heavy atom. The summed E-state index contributed by atoms with van der Waals surface area (Å²) in [7, 11) is 0. The van der Waals surface area contributed by atoms with Gasteiger partial charge in [0, 0.05) is 23.1 Å². The summed E-state index contributed by atoms with van der Waals surface area (Å²) in [4.78, 5) is 17.3. The lowest BCUT2D eigenvalue weighted by Gasteiger charge is -2.12. The van der Waals surface area contributed by atoms with E-state index < -0.39 is 0 Å². The van der Waals surface area contributed by atoms with E-state index >= 15 is 0 Å². The Bertz CT molecular complexity index is 1070. The first kappa shape index (κ1) is 18.0. The molecule has 0 bridgehead atoms. The molecule has 0 aliphatic heterocycles. The fourth-order valence-corrected chi connectivity index (χ4v) is 3.20. The molecule has 1 amide bonds. The highest BCUT2D eigenvalue weighted by molar-refractivity contribution is 5.97. The Labute approximate surface area is 164 Å². The van der Waals surface area contributed by atoms with E-state index in [1.54, 1.807) is 18.4 Å². The second-order valence-corrected chi connectivity index (χ2v) is 7.44. The van der Waals surface area contributed by atoms with Crippen molar-refractivity contribution in [3.05, 3.63) is 65.5 Å². The Hall–Kier alpha value is -3.39. The molecule has 5 nitrogen and oxygen atoms in total. The lowest BCUT2D eigenvalue weighted by Crippen LogP contribution is -2.30. The quantitative estimate of drug-likeness (QED) is 0.692. The van der Waals surface area contributed by atoms with Crippen LogP contribution in [-0.4, -0.2) is 16.9 Å². The number of nitrogens with one attached hydrogen (secondary N) is 1. The molecule has 1 aromatic heterocycles. The highest BCUT2D eigenvalue weighted by Gasteiger charge is 2.27. The lowest BCUT2D eigenvalue weighted by molar-refractivity contribution is 0.0943. The van der Waals surface area contributed by atoms with Crippen molar-refractivity contribution >= 4 is 5.91 Å². The average molecular weight is 371 g/mol. The van der Waals surface area contributed by atoms with E-state index in [0.29, 0.717) is 22.9 Å². The van der Waals surface area contributed by atoms with Crippen LogP contribution in [0.25, 0.3) is 22.6 Å². The zero-order valence-corrected chi connectivity index (χ0v) is 15.9. The van der Waals surface area contributed by atoms with Gasteiger partial charge in [0.15, 0.2) is 0 Å². The van der Waals surface area contributed by atoms with Crippen LogP contribution in [0.15, 0.2) is 53.1 Å². The van der Waals surface area contributed by atoms with Gasteiger partial charge in [0.25, 0.3) is 5.91 Å². The van der Waals surface area contributed by atoms with E-state index in [9.17, 15) is 10.1 Å². The minimum Gasteiger partial charge on any atom is -0.444 e. The normalized spacial score (nSPS) is 13.4. The Morgan fingerprint density at radius 3 is 2.68 bits per heavy atom. The molecule has 4 rings (SSSR count). The predicted molar refractivity (Wildman–Crippen MR) is 107 cm³/mol. The van der Waals surface area contributed by atoms with Crippen LogP contribution in [0.1, 0.15) is 54.2 Å². The monoisotopic (exact) mass is 371 g/mol. The van der Waals surface area contributed by atoms with Gasteiger partial charge >= 0.3 is 0 Å². The molecule has 1 fully saturated rings. The molecule has 5 heteroatoms. The standard InChI is InChI=1S/C23H21N3O2/c1-14(2)25-22(27)18-9-17(20-6-4-3-5-16(20)12-24)10-19(11-18)23-26-21(13-28-23)15-7-8-15/h3-6,9-11,13-15H,7-8H2,1-2H3,(H,25,27). The molecule has 0 unspecified atom stereocenters. The second kappa shape index (κ2) is 7.32. The first-order valence-electron chi connectivity index (χ1n) is 9.46. The van der Waals surface area contributed by atoms with Crippen LogP contribution in [0.2, 0.25) is 0 Å². The van der Waals surface area contributed by atoms with Gasteiger partial charge in [0.2, 0.25) is 5.89 Å². The summed E-state index contributed by atoms with van der Waals surface area (Å²) in [5, 5.41) is 12.4. The number of nitrogens with zero attached hydrogens (tertiary/aromatic N) is 2. The molecule has 140 valence electrons. The van der Waals surface area contributed by atoms with Crippen molar-refractivity contribution in [2.24, 2.45) is 0 Å². The van der Waals surface area contributed by atoms with Gasteiger partial charge in [0.1, 0.15) is 6.26 Å². The molecule has 3 aromatic rings. The van der Waals surface area contributed by atoms with E-state index in [2.05, 4.69) is 16.4 Å². The number of nitriles is 1. The van der Waals surface area contributed by atoms with Gasteiger partial charge in [-0.25, -0.2) is 4.98 Å². The lowest BCUT2D eigenvalue weighted by atomic mass is 9.96. The minimum atomic E-state index is -0.165. The number of benzene rings is 2. The number of hydrogen-bond acceptors (Lipinski definition) is 4. The summed E-state index contributed by atoms with van der Waals surface area (Å²) in [6.07, 6.45) is 3.99. The van der Waals surface area contributed by atoms with Crippen LogP contribution in [0, 0.1) is 11.3 Å². The molecule has 1 heterocycles. The van der Waals surface area contributed by atoms with Crippen LogP contribution >= 0.6 is 0 Å². The molecule has 0 saturated heterocycles. The molecule has 0 radical (unpaired) electrons. The first-order valence-corrected chi connectivity index (χ1v) is 9.46. The summed E-state index contributed by atoms with van der Waals surface area (Å²) in [6, 6.07) is 15.1. The summed E-state index contributed by atoms with van der Waals surface area (Å²) in [5.41, 5.74) is 4.33. The maximum absolute atomic E-state index is 12.7. The number of aromatic nitrogens is 1. The number of amides is 1. The van der Waals surface area contributed by atoms with Crippen molar-refractivity contribution in [1.82, 2.24) is 10.3 Å². The summed E-state index contributed by atoms with van der Waals surface area (Å²) in [5.74, 6) is 0.821. The van der Waals surface area contributed by atoms with Crippen molar-refractivity contribution in [3.63, 3.8) is 0 Å². The largest absolute Gasteiger partial charge is 0.444 e. The maximum Gasteiger partial charge on any atom is 0.251 e. The molecule has 1 N–H and O–H groups in total. The van der Waals surface area contributed by atoms with Gasteiger partial charge in [-0.1, -0.05) is 18.2 Å². The van der Waals surface area contributed by atoms with Gasteiger partial charge < -0.3 is 9.73 Å². The Kier molecular flexibility index (Phi) is 4.70. The van der Waals surface area contributed by atoms with E-state index in [1.807, 2.05) is 44.2 Å². The number of rotatable bonds is 5. The third kappa shape index (κ3) is 3.67. The molecule has 0 atom stereocenters. The molecule has 28 heavy (non-hydrogen) atoms. The number of carbonyl (C=O) groups excluding carboxylic acids is 1. The molecule has 1 saturated carbocycles. The van der Waals surface area contributed by atoms with Crippen LogP contribution in [0.5, 0.6) is 0 Å². The zero-order valence-electron chi connectivity index (χ0n) is 15.9. The summed E-state index contributed by atoms with van der Waals surface area (Å²) >= 11 is 0. The third-order valence-corrected chi connectivity index (χ3v) is 4.74. The fraction of sp³-hybridized carbons (Fsp3) is 0.261. The van der Waals surface area contributed by atoms with Crippen molar-refractivity contribution in [2.75, 3.05) is 0 Å². The number of hydrogen-bond donors (Lipinski definition) is 1. The van der Waals surface area contributed by atoms with Crippen molar-refractivity contribution < 1.29 is 9.21 Å². The van der Waals surface area contributed by atoms with Gasteiger partial charge in [-0.15, -0.1) is 0 Å². The molecule has 1 aliphatic carbocycles. The van der Waals surface area contributed by atoms with Crippen molar-refractivity contribution in [1.29, 1.82) is 5.26 Å². The summed E-state index contributed by atoms with van der Waals surface area (Å²) in [6.45, 7) is 3.84. The van der Waals surface area contributed by atoms with Crippen molar-refractivity contribution in [2.45, 2.75) is 38.6 Å². The molecule has 0 spiro atoms. The van der Waals surface area contributed by atoms with Crippen LogP contribution in [0.4, 0.5) is 0 Å². The number of carbonyl (C=O) groups is 1. The van der Waals surface area contributed by atoms with Crippen LogP contribution < -0.4 is 5.32 Å². The molecule has 1 aliphatic rings. The highest BCUT2D eigenvalue weighted by atomic mass is 16.3. The Balaban J connectivity index is 1.83. The third-order valence-electron chi connectivity index (χ3n) is 4.74. The molecular weight excluding hydrogens is 350 g/mol. The van der Waals surface area contributed by atoms with Gasteiger partial charge in [-0.05, 0) is 62.1 Å². The topological polar surface area (TPSA) is 78.9 Å². The second-order valence-electron chi connectivity index (χ2n) is 7.44. The minimum absolute atomic E-state index is 0.0224.